The number of halogens is 1. The first-order valence-electron chi connectivity index (χ1n) is 4.63. The Hall–Kier alpha value is 0.210. The highest BCUT2D eigenvalue weighted by atomic mass is 35.5. The Labute approximate surface area is 82.6 Å². The van der Waals surface area contributed by atoms with Gasteiger partial charge in [0.25, 0.3) is 0 Å². The van der Waals surface area contributed by atoms with Crippen molar-refractivity contribution in [3.8, 4) is 0 Å². The number of aliphatic hydroxyl groups excluding tert-OH is 1. The third kappa shape index (κ3) is 5.81. The molecule has 0 rings (SSSR count). The second kappa shape index (κ2) is 7.84. The lowest BCUT2D eigenvalue weighted by molar-refractivity contribution is -0.908. The number of likely N-dealkylation sites (N-methyl/N-ethyl adjacent to an activating group) is 1. The second-order valence-electron chi connectivity index (χ2n) is 3.46. The lowest BCUT2D eigenvalue weighted by Gasteiger charge is -2.32. The molecule has 0 aromatic rings. The van der Waals surface area contributed by atoms with Gasteiger partial charge >= 0.3 is 0 Å². The van der Waals surface area contributed by atoms with Gasteiger partial charge in [0.15, 0.2) is 0 Å². The molecule has 0 amide bonds. The van der Waals surface area contributed by atoms with E-state index in [0.29, 0.717) is 6.61 Å². The van der Waals surface area contributed by atoms with Gasteiger partial charge in [-0.15, -0.1) is 0 Å². The zero-order valence-corrected chi connectivity index (χ0v) is 9.27. The van der Waals surface area contributed by atoms with Gasteiger partial charge in [-0.2, -0.15) is 0 Å². The molecule has 0 heterocycles. The molecule has 3 heteroatoms. The van der Waals surface area contributed by atoms with Gasteiger partial charge in [0, 0.05) is 0 Å². The Morgan fingerprint density at radius 1 is 1.17 bits per heavy atom. The summed E-state index contributed by atoms with van der Waals surface area (Å²) in [6, 6.07) is 0. The molecule has 76 valence electrons. The molecule has 12 heavy (non-hydrogen) atoms. The number of aliphatic hydroxyl groups is 1. The van der Waals surface area contributed by atoms with Crippen molar-refractivity contribution in [3.63, 3.8) is 0 Å². The summed E-state index contributed by atoms with van der Waals surface area (Å²) in [5.74, 6) is 0. The van der Waals surface area contributed by atoms with Crippen LogP contribution in [-0.2, 0) is 0 Å². The molecule has 0 saturated heterocycles. The van der Waals surface area contributed by atoms with Gasteiger partial charge < -0.3 is 22.0 Å². The van der Waals surface area contributed by atoms with E-state index in [4.69, 9.17) is 5.11 Å². The SMILES string of the molecule is CCCC[N+](C)(CC)CCO.[Cl-]. The molecular formula is C9H22ClNO. The van der Waals surface area contributed by atoms with Crippen LogP contribution in [0.5, 0.6) is 0 Å². The van der Waals surface area contributed by atoms with Crippen molar-refractivity contribution in [2.75, 3.05) is 33.3 Å². The molecule has 0 aliphatic heterocycles. The van der Waals surface area contributed by atoms with Crippen molar-refractivity contribution >= 4 is 0 Å². The lowest BCUT2D eigenvalue weighted by Crippen LogP contribution is -3.00. The molecule has 1 N–H and O–H groups in total. The number of hydrogen-bond donors (Lipinski definition) is 1. The maximum Gasteiger partial charge on any atom is 0.102 e. The minimum Gasteiger partial charge on any atom is -1.00 e. The summed E-state index contributed by atoms with van der Waals surface area (Å²) in [4.78, 5) is 0. The van der Waals surface area contributed by atoms with E-state index in [9.17, 15) is 0 Å². The summed E-state index contributed by atoms with van der Waals surface area (Å²) in [7, 11) is 2.21. The fraction of sp³-hybridized carbons (Fsp3) is 1.00. The van der Waals surface area contributed by atoms with Crippen LogP contribution in [-0.4, -0.2) is 42.9 Å². The molecule has 1 atom stereocenters. The number of rotatable bonds is 6. The third-order valence-electron chi connectivity index (χ3n) is 2.45. The minimum atomic E-state index is 0. The Bertz CT molecular complexity index is 101. The summed E-state index contributed by atoms with van der Waals surface area (Å²) in [6.07, 6.45) is 2.52. The topological polar surface area (TPSA) is 20.2 Å². The predicted octanol–water partition coefficient (Wildman–Crippen LogP) is -1.75. The zero-order valence-electron chi connectivity index (χ0n) is 8.52. The number of quaternary nitrogens is 1. The van der Waals surface area contributed by atoms with Crippen molar-refractivity contribution in [1.82, 2.24) is 0 Å². The van der Waals surface area contributed by atoms with Crippen LogP contribution in [0.15, 0.2) is 0 Å². The highest BCUT2D eigenvalue weighted by Crippen LogP contribution is 2.03. The normalized spacial score (nSPS) is 15.0. The number of nitrogens with zero attached hydrogens (tertiary/aromatic N) is 1. The zero-order chi connectivity index (χ0) is 8.74. The van der Waals surface area contributed by atoms with Crippen LogP contribution in [0.3, 0.4) is 0 Å². The van der Waals surface area contributed by atoms with Crippen molar-refractivity contribution < 1.29 is 22.0 Å². The van der Waals surface area contributed by atoms with Crippen LogP contribution in [0.1, 0.15) is 26.7 Å². The van der Waals surface area contributed by atoms with Crippen molar-refractivity contribution in [2.45, 2.75) is 26.7 Å². The Balaban J connectivity index is 0. The van der Waals surface area contributed by atoms with E-state index in [2.05, 4.69) is 20.9 Å². The Morgan fingerprint density at radius 2 is 1.75 bits per heavy atom. The number of unbranched alkanes of at least 4 members (excludes halogenated alkanes) is 1. The van der Waals surface area contributed by atoms with E-state index >= 15 is 0 Å². The van der Waals surface area contributed by atoms with Crippen LogP contribution in [0.25, 0.3) is 0 Å². The molecule has 0 aromatic heterocycles. The molecule has 0 fully saturated rings. The molecule has 1 unspecified atom stereocenters. The smallest absolute Gasteiger partial charge is 0.102 e. The van der Waals surface area contributed by atoms with Crippen LogP contribution < -0.4 is 12.4 Å². The monoisotopic (exact) mass is 195 g/mol. The van der Waals surface area contributed by atoms with Gasteiger partial charge in [-0.3, -0.25) is 0 Å². The first-order chi connectivity index (χ1) is 5.18. The van der Waals surface area contributed by atoms with E-state index < -0.39 is 0 Å². The summed E-state index contributed by atoms with van der Waals surface area (Å²) < 4.78 is 1.02. The first kappa shape index (κ1) is 14.7. The molecule has 0 aliphatic carbocycles. The van der Waals surface area contributed by atoms with Crippen molar-refractivity contribution in [2.24, 2.45) is 0 Å². The van der Waals surface area contributed by atoms with Gasteiger partial charge in [0.1, 0.15) is 6.54 Å². The Kier molecular flexibility index (Phi) is 9.61. The number of hydrogen-bond acceptors (Lipinski definition) is 1. The average Bonchev–Trinajstić information content (AvgIpc) is 2.02. The fourth-order valence-corrected chi connectivity index (χ4v) is 1.21. The maximum absolute atomic E-state index is 8.82. The van der Waals surface area contributed by atoms with Gasteiger partial charge in [-0.25, -0.2) is 0 Å². The van der Waals surface area contributed by atoms with E-state index in [-0.39, 0.29) is 12.4 Å². The standard InChI is InChI=1S/C9H22NO.ClH/c1-4-6-7-10(3,5-2)8-9-11;/h11H,4-9H2,1-3H3;1H/q+1;/p-1. The molecule has 2 nitrogen and oxygen atoms in total. The molecule has 0 radical (unpaired) electrons. The third-order valence-corrected chi connectivity index (χ3v) is 2.45. The summed E-state index contributed by atoms with van der Waals surface area (Å²) in [5.41, 5.74) is 0. The predicted molar refractivity (Wildman–Crippen MR) is 48.5 cm³/mol. The van der Waals surface area contributed by atoms with E-state index in [1.807, 2.05) is 0 Å². The van der Waals surface area contributed by atoms with Gasteiger partial charge in [-0.1, -0.05) is 13.3 Å². The highest BCUT2D eigenvalue weighted by molar-refractivity contribution is 4.37. The van der Waals surface area contributed by atoms with Crippen LogP contribution >= 0.6 is 0 Å². The second-order valence-corrected chi connectivity index (χ2v) is 3.46. The van der Waals surface area contributed by atoms with Gasteiger partial charge in [-0.05, 0) is 13.3 Å². The van der Waals surface area contributed by atoms with Crippen molar-refractivity contribution in [3.05, 3.63) is 0 Å². The molecule has 0 aliphatic rings. The minimum absolute atomic E-state index is 0. The van der Waals surface area contributed by atoms with Crippen LogP contribution in [0.2, 0.25) is 0 Å². The largest absolute Gasteiger partial charge is 1.00 e. The summed E-state index contributed by atoms with van der Waals surface area (Å²) >= 11 is 0. The maximum atomic E-state index is 8.82. The molecule has 0 aromatic carbocycles. The van der Waals surface area contributed by atoms with Crippen LogP contribution in [0, 0.1) is 0 Å². The average molecular weight is 196 g/mol. The molecule has 0 spiro atoms. The molecular weight excluding hydrogens is 174 g/mol. The highest BCUT2D eigenvalue weighted by Gasteiger charge is 2.16. The first-order valence-corrected chi connectivity index (χ1v) is 4.63. The molecule has 0 bridgehead atoms. The quantitative estimate of drug-likeness (QED) is 0.499. The van der Waals surface area contributed by atoms with E-state index in [1.54, 1.807) is 0 Å². The Morgan fingerprint density at radius 3 is 2.08 bits per heavy atom. The van der Waals surface area contributed by atoms with E-state index in [0.717, 1.165) is 17.6 Å². The summed E-state index contributed by atoms with van der Waals surface area (Å²) in [6.45, 7) is 7.93. The van der Waals surface area contributed by atoms with Gasteiger partial charge in [0.05, 0.1) is 26.7 Å². The molecule has 0 saturated carbocycles. The van der Waals surface area contributed by atoms with E-state index in [1.165, 1.54) is 19.4 Å². The van der Waals surface area contributed by atoms with Crippen molar-refractivity contribution in [1.29, 1.82) is 0 Å². The van der Waals surface area contributed by atoms with Crippen LogP contribution in [0.4, 0.5) is 0 Å². The fourth-order valence-electron chi connectivity index (χ4n) is 1.21. The summed E-state index contributed by atoms with van der Waals surface area (Å²) in [5, 5.41) is 8.82. The van der Waals surface area contributed by atoms with Gasteiger partial charge in [0.2, 0.25) is 0 Å². The lowest BCUT2D eigenvalue weighted by atomic mass is 10.3.